The van der Waals surface area contributed by atoms with Crippen molar-refractivity contribution in [3.8, 4) is 0 Å². The lowest BCUT2D eigenvalue weighted by atomic mass is 10.00. The third-order valence-corrected chi connectivity index (χ3v) is 3.60. The highest BCUT2D eigenvalue weighted by atomic mass is 79.9. The predicted molar refractivity (Wildman–Crippen MR) is 72.9 cm³/mol. The van der Waals surface area contributed by atoms with Gasteiger partial charge in [-0.15, -0.1) is 0 Å². The molecule has 3 rings (SSSR count). The fourth-order valence-electron chi connectivity index (χ4n) is 2.34. The summed E-state index contributed by atoms with van der Waals surface area (Å²) in [4.78, 5) is 6.77. The van der Waals surface area contributed by atoms with E-state index in [1.54, 1.807) is 0 Å². The molecule has 0 aromatic carbocycles. The van der Waals surface area contributed by atoms with Crippen molar-refractivity contribution in [3.05, 3.63) is 47.0 Å². The quantitative estimate of drug-likeness (QED) is 0.868. The maximum Gasteiger partial charge on any atom is 0.0632 e. The van der Waals surface area contributed by atoms with E-state index < -0.39 is 0 Å². The summed E-state index contributed by atoms with van der Waals surface area (Å²) >= 11 is 3.42. The van der Waals surface area contributed by atoms with Gasteiger partial charge in [0.2, 0.25) is 0 Å². The Morgan fingerprint density at radius 1 is 1.33 bits per heavy atom. The zero-order valence-electron chi connectivity index (χ0n) is 10.0. The molecular weight excluding hydrogens is 292 g/mol. The van der Waals surface area contributed by atoms with E-state index in [1.807, 2.05) is 35.4 Å². The van der Waals surface area contributed by atoms with Crippen molar-refractivity contribution in [1.82, 2.24) is 19.7 Å². The molecule has 1 fully saturated rings. The van der Waals surface area contributed by atoms with Crippen LogP contribution in [0, 0.1) is 5.92 Å². The minimum Gasteiger partial charge on any atom is -0.297 e. The van der Waals surface area contributed by atoms with E-state index in [0.717, 1.165) is 36.3 Å². The Hall–Kier alpha value is -1.20. The molecular formula is C13H15BrN4. The van der Waals surface area contributed by atoms with Crippen LogP contribution in [0.5, 0.6) is 0 Å². The van der Waals surface area contributed by atoms with E-state index in [1.165, 1.54) is 0 Å². The first-order valence-electron chi connectivity index (χ1n) is 6.10. The average molecular weight is 307 g/mol. The van der Waals surface area contributed by atoms with E-state index in [-0.39, 0.29) is 0 Å². The fraction of sp³-hybridized carbons (Fsp3) is 0.385. The maximum atomic E-state index is 4.35. The first-order chi connectivity index (χ1) is 8.79. The van der Waals surface area contributed by atoms with E-state index in [2.05, 4.69) is 37.0 Å². The highest BCUT2D eigenvalue weighted by Gasteiger charge is 2.27. The summed E-state index contributed by atoms with van der Waals surface area (Å²) in [5.41, 5.74) is 1.15. The third-order valence-electron chi connectivity index (χ3n) is 3.19. The van der Waals surface area contributed by atoms with Crippen LogP contribution in [-0.4, -0.2) is 32.8 Å². The molecule has 0 N–H and O–H groups in total. The zero-order valence-corrected chi connectivity index (χ0v) is 11.6. The highest BCUT2D eigenvalue weighted by Crippen LogP contribution is 2.20. The van der Waals surface area contributed by atoms with Gasteiger partial charge in [0.05, 0.1) is 16.4 Å². The molecule has 2 aromatic rings. The van der Waals surface area contributed by atoms with Gasteiger partial charge in [0.25, 0.3) is 0 Å². The number of likely N-dealkylation sites (tertiary alicyclic amines) is 1. The molecule has 0 bridgehead atoms. The van der Waals surface area contributed by atoms with Crippen molar-refractivity contribution in [1.29, 1.82) is 0 Å². The Morgan fingerprint density at radius 2 is 2.22 bits per heavy atom. The number of pyridine rings is 1. The average Bonchev–Trinajstić information content (AvgIpc) is 2.73. The minimum absolute atomic E-state index is 0.709. The SMILES string of the molecule is Brc1cnn(CC2CN(Cc3ccccn3)C2)c1. The molecule has 0 spiro atoms. The van der Waals surface area contributed by atoms with Crippen LogP contribution in [0.3, 0.4) is 0 Å². The topological polar surface area (TPSA) is 34.0 Å². The lowest BCUT2D eigenvalue weighted by Gasteiger charge is -2.38. The van der Waals surface area contributed by atoms with Crippen LogP contribution in [0.15, 0.2) is 41.3 Å². The number of hydrogen-bond donors (Lipinski definition) is 0. The number of rotatable bonds is 4. The van der Waals surface area contributed by atoms with Crippen LogP contribution >= 0.6 is 15.9 Å². The van der Waals surface area contributed by atoms with E-state index >= 15 is 0 Å². The van der Waals surface area contributed by atoms with Crippen molar-refractivity contribution in [2.75, 3.05) is 13.1 Å². The van der Waals surface area contributed by atoms with Crippen LogP contribution in [0.2, 0.25) is 0 Å². The second-order valence-corrected chi connectivity index (χ2v) is 5.68. The molecule has 5 heteroatoms. The van der Waals surface area contributed by atoms with Crippen molar-refractivity contribution >= 4 is 15.9 Å². The summed E-state index contributed by atoms with van der Waals surface area (Å²) in [6.07, 6.45) is 5.72. The molecule has 0 atom stereocenters. The van der Waals surface area contributed by atoms with Crippen LogP contribution in [0.4, 0.5) is 0 Å². The number of hydrogen-bond acceptors (Lipinski definition) is 3. The Kier molecular flexibility index (Phi) is 3.43. The lowest BCUT2D eigenvalue weighted by Crippen LogP contribution is -2.47. The van der Waals surface area contributed by atoms with Crippen LogP contribution in [-0.2, 0) is 13.1 Å². The smallest absolute Gasteiger partial charge is 0.0632 e. The first kappa shape index (κ1) is 11.9. The lowest BCUT2D eigenvalue weighted by molar-refractivity contribution is 0.0765. The zero-order chi connectivity index (χ0) is 12.4. The van der Waals surface area contributed by atoms with Crippen molar-refractivity contribution in [2.24, 2.45) is 5.92 Å². The molecule has 2 aromatic heterocycles. The molecule has 0 aliphatic carbocycles. The predicted octanol–water partition coefficient (Wildman–Crippen LogP) is 2.17. The number of nitrogens with zero attached hydrogens (tertiary/aromatic N) is 4. The molecule has 18 heavy (non-hydrogen) atoms. The summed E-state index contributed by atoms with van der Waals surface area (Å²) < 4.78 is 3.06. The monoisotopic (exact) mass is 306 g/mol. The number of aromatic nitrogens is 3. The van der Waals surface area contributed by atoms with Gasteiger partial charge >= 0.3 is 0 Å². The Morgan fingerprint density at radius 3 is 2.89 bits per heavy atom. The molecule has 0 unspecified atom stereocenters. The summed E-state index contributed by atoms with van der Waals surface area (Å²) in [5, 5.41) is 4.29. The molecule has 1 saturated heterocycles. The van der Waals surface area contributed by atoms with E-state index in [9.17, 15) is 0 Å². The van der Waals surface area contributed by atoms with Crippen molar-refractivity contribution < 1.29 is 0 Å². The molecule has 1 aliphatic rings. The van der Waals surface area contributed by atoms with Crippen LogP contribution < -0.4 is 0 Å². The number of halogens is 1. The molecule has 3 heterocycles. The molecule has 94 valence electrons. The molecule has 0 radical (unpaired) electrons. The minimum atomic E-state index is 0.709. The summed E-state index contributed by atoms with van der Waals surface area (Å²) in [6, 6.07) is 6.08. The largest absolute Gasteiger partial charge is 0.297 e. The normalized spacial score (nSPS) is 16.7. The van der Waals surface area contributed by atoms with E-state index in [4.69, 9.17) is 0 Å². The van der Waals surface area contributed by atoms with Gasteiger partial charge in [-0.1, -0.05) is 6.07 Å². The standard InChI is InChI=1S/C13H15BrN4/c14-12-5-16-18(9-12)8-11-6-17(7-11)10-13-3-1-2-4-15-13/h1-5,9,11H,6-8,10H2. The van der Waals surface area contributed by atoms with Crippen molar-refractivity contribution in [3.63, 3.8) is 0 Å². The molecule has 0 amide bonds. The molecule has 4 nitrogen and oxygen atoms in total. The fourth-order valence-corrected chi connectivity index (χ4v) is 2.67. The van der Waals surface area contributed by atoms with Gasteiger partial charge in [-0.3, -0.25) is 14.6 Å². The summed E-state index contributed by atoms with van der Waals surface area (Å²) in [7, 11) is 0. The summed E-state index contributed by atoms with van der Waals surface area (Å²) in [6.45, 7) is 4.23. The molecule has 1 aliphatic heterocycles. The first-order valence-corrected chi connectivity index (χ1v) is 6.89. The van der Waals surface area contributed by atoms with Gasteiger partial charge in [0.1, 0.15) is 0 Å². The Bertz CT molecular complexity index is 505. The van der Waals surface area contributed by atoms with Crippen molar-refractivity contribution in [2.45, 2.75) is 13.1 Å². The van der Waals surface area contributed by atoms with Gasteiger partial charge in [0, 0.05) is 44.5 Å². The van der Waals surface area contributed by atoms with Crippen LogP contribution in [0.25, 0.3) is 0 Å². The summed E-state index contributed by atoms with van der Waals surface area (Å²) in [5.74, 6) is 0.709. The Balaban J connectivity index is 1.46. The van der Waals surface area contributed by atoms with Gasteiger partial charge in [-0.2, -0.15) is 5.10 Å². The maximum absolute atomic E-state index is 4.35. The second kappa shape index (κ2) is 5.20. The highest BCUT2D eigenvalue weighted by molar-refractivity contribution is 9.10. The van der Waals surface area contributed by atoms with Gasteiger partial charge < -0.3 is 0 Å². The van der Waals surface area contributed by atoms with Crippen LogP contribution in [0.1, 0.15) is 5.69 Å². The third kappa shape index (κ3) is 2.79. The van der Waals surface area contributed by atoms with Gasteiger partial charge in [-0.05, 0) is 28.1 Å². The van der Waals surface area contributed by atoms with Gasteiger partial charge in [0.15, 0.2) is 0 Å². The van der Waals surface area contributed by atoms with E-state index in [0.29, 0.717) is 5.92 Å². The van der Waals surface area contributed by atoms with Gasteiger partial charge in [-0.25, -0.2) is 0 Å². The Labute approximate surface area is 115 Å². The molecule has 0 saturated carbocycles. The second-order valence-electron chi connectivity index (χ2n) is 4.76.